The average molecular weight is 368 g/mol. The molecule has 0 unspecified atom stereocenters. The lowest BCUT2D eigenvalue weighted by atomic mass is 10.3. The van der Waals surface area contributed by atoms with Gasteiger partial charge >= 0.3 is 5.91 Å². The van der Waals surface area contributed by atoms with Crippen LogP contribution < -0.4 is 0 Å². The zero-order chi connectivity index (χ0) is 18.3. The maximum absolute atomic E-state index is 11.3. The molecule has 1 amide bonds. The Morgan fingerprint density at radius 1 is 1.12 bits per heavy atom. The third kappa shape index (κ3) is 5.19. The van der Waals surface area contributed by atoms with E-state index in [0.29, 0.717) is 24.5 Å². The molecule has 128 valence electrons. The van der Waals surface area contributed by atoms with Gasteiger partial charge in [-0.3, -0.25) is 19.0 Å². The zero-order valence-corrected chi connectivity index (χ0v) is 15.5. The van der Waals surface area contributed by atoms with Gasteiger partial charge in [-0.2, -0.15) is 15.2 Å². The Labute approximate surface area is 150 Å². The summed E-state index contributed by atoms with van der Waals surface area (Å²) in [5, 5.41) is 9.76. The van der Waals surface area contributed by atoms with E-state index in [1.165, 1.54) is 0 Å². The molecule has 0 aliphatic heterocycles. The number of aryl methyl sites for hydroxylation is 4. The van der Waals surface area contributed by atoms with E-state index in [4.69, 9.17) is 11.6 Å². The fraction of sp³-hybridized carbons (Fsp3) is 0.400. The quantitative estimate of drug-likeness (QED) is 0.471. The minimum Gasteiger partial charge on any atom is -0.274 e. The van der Waals surface area contributed by atoms with Gasteiger partial charge in [0.1, 0.15) is 11.4 Å². The Kier molecular flexibility index (Phi) is 7.64. The molecular weight excluding hydrogens is 350 g/mol. The molecule has 24 heavy (non-hydrogen) atoms. The van der Waals surface area contributed by atoms with E-state index in [1.807, 2.05) is 32.9 Å². The van der Waals surface area contributed by atoms with E-state index in [-0.39, 0.29) is 0 Å². The van der Waals surface area contributed by atoms with Crippen LogP contribution in [0, 0.1) is 13.8 Å². The van der Waals surface area contributed by atoms with Crippen LogP contribution in [0.15, 0.2) is 17.1 Å². The SMILES string of the molecule is CCn1nc(C)cc1C(=O)Cl.CCn1nc(C)cc1C(=O)N=C=S. The van der Waals surface area contributed by atoms with Crippen LogP contribution in [0.1, 0.15) is 46.2 Å². The second-order valence-electron chi connectivity index (χ2n) is 4.76. The molecular formula is C15H18ClN5O2S. The van der Waals surface area contributed by atoms with E-state index in [0.717, 1.165) is 11.4 Å². The molecule has 0 radical (unpaired) electrons. The first-order valence-electron chi connectivity index (χ1n) is 7.24. The third-order valence-corrected chi connectivity index (χ3v) is 3.26. The lowest BCUT2D eigenvalue weighted by Crippen LogP contribution is -2.07. The Bertz CT molecular complexity index is 790. The molecule has 0 bridgehead atoms. The summed E-state index contributed by atoms with van der Waals surface area (Å²) in [5.74, 6) is -0.391. The second-order valence-corrected chi connectivity index (χ2v) is 5.28. The van der Waals surface area contributed by atoms with Crippen molar-refractivity contribution in [3.05, 3.63) is 34.9 Å². The molecule has 9 heteroatoms. The number of thiocarbonyl (C=S) groups is 1. The van der Waals surface area contributed by atoms with E-state index >= 15 is 0 Å². The topological polar surface area (TPSA) is 82.1 Å². The van der Waals surface area contributed by atoms with Crippen LogP contribution in [-0.4, -0.2) is 35.9 Å². The first-order valence-corrected chi connectivity index (χ1v) is 8.03. The van der Waals surface area contributed by atoms with Crippen LogP contribution in [0.4, 0.5) is 0 Å². The highest BCUT2D eigenvalue weighted by Crippen LogP contribution is 2.06. The van der Waals surface area contributed by atoms with Crippen molar-refractivity contribution in [2.75, 3.05) is 0 Å². The lowest BCUT2D eigenvalue weighted by Gasteiger charge is -1.97. The first-order chi connectivity index (χ1) is 11.3. The molecule has 2 heterocycles. The van der Waals surface area contributed by atoms with Crippen LogP contribution in [0.5, 0.6) is 0 Å². The second kappa shape index (κ2) is 9.22. The molecule has 0 aliphatic rings. The predicted molar refractivity (Wildman–Crippen MR) is 94.8 cm³/mol. The Hall–Kier alpha value is -2.15. The van der Waals surface area contributed by atoms with Crippen molar-refractivity contribution in [2.45, 2.75) is 40.8 Å². The van der Waals surface area contributed by atoms with Crippen molar-refractivity contribution < 1.29 is 9.59 Å². The fourth-order valence-corrected chi connectivity index (χ4v) is 2.24. The molecule has 0 aromatic carbocycles. The van der Waals surface area contributed by atoms with E-state index < -0.39 is 11.1 Å². The average Bonchev–Trinajstić information content (AvgIpc) is 3.10. The Balaban J connectivity index is 0.000000243. The van der Waals surface area contributed by atoms with Crippen LogP contribution >= 0.6 is 23.8 Å². The van der Waals surface area contributed by atoms with E-state index in [9.17, 15) is 9.59 Å². The van der Waals surface area contributed by atoms with Gasteiger partial charge in [0.05, 0.1) is 16.5 Å². The number of isothiocyanates is 1. The van der Waals surface area contributed by atoms with E-state index in [2.05, 4.69) is 27.4 Å². The fourth-order valence-electron chi connectivity index (χ4n) is 2.00. The number of rotatable bonds is 4. The number of amides is 1. The van der Waals surface area contributed by atoms with Crippen molar-refractivity contribution in [1.29, 1.82) is 0 Å². The number of hydrogen-bond acceptors (Lipinski definition) is 5. The van der Waals surface area contributed by atoms with Crippen LogP contribution in [0.3, 0.4) is 0 Å². The first kappa shape index (κ1) is 19.9. The number of nitrogens with zero attached hydrogens (tertiary/aromatic N) is 5. The largest absolute Gasteiger partial charge is 0.304 e. The van der Waals surface area contributed by atoms with Gasteiger partial charge < -0.3 is 0 Å². The predicted octanol–water partition coefficient (Wildman–Crippen LogP) is 3.04. The molecule has 2 aromatic rings. The summed E-state index contributed by atoms with van der Waals surface area (Å²) in [6, 6.07) is 3.36. The molecule has 2 aromatic heterocycles. The summed E-state index contributed by atoms with van der Waals surface area (Å²) in [5.41, 5.74) is 2.53. The number of carbonyl (C=O) groups excluding carboxylic acids is 2. The van der Waals surface area contributed by atoms with Crippen molar-refractivity contribution in [3.63, 3.8) is 0 Å². The van der Waals surface area contributed by atoms with Crippen molar-refractivity contribution in [2.24, 2.45) is 4.99 Å². The normalized spacial score (nSPS) is 9.71. The minimum absolute atomic E-state index is 0.391. The van der Waals surface area contributed by atoms with Gasteiger partial charge in [-0.1, -0.05) is 0 Å². The van der Waals surface area contributed by atoms with Gasteiger partial charge in [0.25, 0.3) is 5.24 Å². The molecule has 0 spiro atoms. The highest BCUT2D eigenvalue weighted by Gasteiger charge is 2.11. The summed E-state index contributed by atoms with van der Waals surface area (Å²) < 4.78 is 3.18. The number of aliphatic imine (C=N–C) groups is 1. The van der Waals surface area contributed by atoms with Gasteiger partial charge in [0, 0.05) is 13.1 Å². The molecule has 0 saturated carbocycles. The summed E-state index contributed by atoms with van der Waals surface area (Å²) in [6.45, 7) is 8.78. The molecule has 0 N–H and O–H groups in total. The lowest BCUT2D eigenvalue weighted by molar-refractivity contribution is 0.0993. The van der Waals surface area contributed by atoms with Crippen molar-refractivity contribution in [1.82, 2.24) is 19.6 Å². The van der Waals surface area contributed by atoms with Crippen molar-refractivity contribution in [3.8, 4) is 0 Å². The molecule has 0 fully saturated rings. The Morgan fingerprint density at radius 2 is 1.58 bits per heavy atom. The number of halogens is 1. The maximum atomic E-state index is 11.3. The molecule has 2 rings (SSSR count). The molecule has 0 atom stereocenters. The summed E-state index contributed by atoms with van der Waals surface area (Å²) in [7, 11) is 0. The van der Waals surface area contributed by atoms with Crippen LogP contribution in [0.2, 0.25) is 0 Å². The number of aromatic nitrogens is 4. The standard InChI is InChI=1S/C8H9N3OS.C7H9ClN2O/c1-3-11-7(4-6(2)10-11)8(12)9-5-13;1-3-10-6(7(8)11)4-5(2)9-10/h4H,3H2,1-2H3;4H,3H2,1-2H3. The Morgan fingerprint density at radius 3 is 1.96 bits per heavy atom. The molecule has 7 nitrogen and oxygen atoms in total. The van der Waals surface area contributed by atoms with Crippen LogP contribution in [-0.2, 0) is 13.1 Å². The zero-order valence-electron chi connectivity index (χ0n) is 13.9. The summed E-state index contributed by atoms with van der Waals surface area (Å²) >= 11 is 9.65. The highest BCUT2D eigenvalue weighted by atomic mass is 35.5. The smallest absolute Gasteiger partial charge is 0.274 e. The minimum atomic E-state index is -0.451. The van der Waals surface area contributed by atoms with Gasteiger partial charge in [-0.05, 0) is 63.6 Å². The monoisotopic (exact) mass is 367 g/mol. The van der Waals surface area contributed by atoms with Gasteiger partial charge in [-0.15, -0.1) is 0 Å². The summed E-state index contributed by atoms with van der Waals surface area (Å²) in [6.07, 6.45) is 0. The van der Waals surface area contributed by atoms with Crippen molar-refractivity contribution >= 4 is 40.1 Å². The third-order valence-electron chi connectivity index (χ3n) is 2.97. The van der Waals surface area contributed by atoms with Gasteiger partial charge in [-0.25, -0.2) is 0 Å². The van der Waals surface area contributed by atoms with Gasteiger partial charge in [0.15, 0.2) is 0 Å². The summed E-state index contributed by atoms with van der Waals surface area (Å²) in [4.78, 5) is 25.4. The maximum Gasteiger partial charge on any atom is 0.304 e. The number of hydrogen-bond donors (Lipinski definition) is 0. The van der Waals surface area contributed by atoms with Gasteiger partial charge in [0.2, 0.25) is 0 Å². The highest BCUT2D eigenvalue weighted by molar-refractivity contribution is 7.78. The molecule has 0 saturated heterocycles. The van der Waals surface area contributed by atoms with E-state index in [1.54, 1.807) is 21.5 Å². The molecule has 0 aliphatic carbocycles. The van der Waals surface area contributed by atoms with Crippen LogP contribution in [0.25, 0.3) is 0 Å². The number of carbonyl (C=O) groups is 2.